The normalized spacial score (nSPS) is 16.2. The van der Waals surface area contributed by atoms with Crippen molar-refractivity contribution in [2.75, 3.05) is 39.8 Å². The monoisotopic (exact) mass is 419 g/mol. The number of aliphatic imine (C=N–C) groups is 1. The van der Waals surface area contributed by atoms with Gasteiger partial charge in [-0.15, -0.1) is 0 Å². The minimum absolute atomic E-state index is 0.133. The maximum atomic E-state index is 12.6. The van der Waals surface area contributed by atoms with Gasteiger partial charge >= 0.3 is 0 Å². The zero-order valence-corrected chi connectivity index (χ0v) is 18.1. The molecule has 0 saturated carbocycles. The van der Waals surface area contributed by atoms with Crippen molar-refractivity contribution in [3.05, 3.63) is 52.9 Å². The smallest absolute Gasteiger partial charge is 0.220 e. The molecule has 0 atom stereocenters. The van der Waals surface area contributed by atoms with Crippen LogP contribution in [0.3, 0.4) is 0 Å². The molecular formula is C20H29N5O3S. The van der Waals surface area contributed by atoms with E-state index in [1.165, 1.54) is 27.3 Å². The summed E-state index contributed by atoms with van der Waals surface area (Å²) in [6, 6.07) is 8.16. The molecule has 2 aromatic rings. The Kier molecular flexibility index (Phi) is 6.92. The van der Waals surface area contributed by atoms with Crippen LogP contribution in [0.15, 0.2) is 40.0 Å². The molecule has 3 rings (SSSR count). The van der Waals surface area contributed by atoms with Gasteiger partial charge in [0.25, 0.3) is 0 Å². The Balaban J connectivity index is 1.49. The topological polar surface area (TPSA) is 91.0 Å². The van der Waals surface area contributed by atoms with E-state index in [1.54, 1.807) is 13.1 Å². The van der Waals surface area contributed by atoms with Gasteiger partial charge in [-0.3, -0.25) is 4.99 Å². The van der Waals surface area contributed by atoms with Crippen LogP contribution in [-0.2, 0) is 22.2 Å². The number of aromatic nitrogens is 1. The third kappa shape index (κ3) is 5.80. The number of guanidine groups is 1. The highest BCUT2D eigenvalue weighted by molar-refractivity contribution is 7.88. The van der Waals surface area contributed by atoms with Gasteiger partial charge in [-0.1, -0.05) is 34.5 Å². The van der Waals surface area contributed by atoms with Gasteiger partial charge in [-0.2, -0.15) is 4.31 Å². The summed E-state index contributed by atoms with van der Waals surface area (Å²) in [5.41, 5.74) is 4.27. The number of nitrogens with one attached hydrogen (secondary N) is 1. The highest BCUT2D eigenvalue weighted by Crippen LogP contribution is 2.13. The van der Waals surface area contributed by atoms with E-state index < -0.39 is 10.0 Å². The first kappa shape index (κ1) is 21.3. The summed E-state index contributed by atoms with van der Waals surface area (Å²) in [4.78, 5) is 6.47. The first-order chi connectivity index (χ1) is 13.9. The molecule has 8 nitrogen and oxygen atoms in total. The van der Waals surface area contributed by atoms with Gasteiger partial charge in [0, 0.05) is 45.8 Å². The summed E-state index contributed by atoms with van der Waals surface area (Å²) >= 11 is 0. The van der Waals surface area contributed by atoms with E-state index in [0.717, 1.165) is 18.9 Å². The number of hydrogen-bond donors (Lipinski definition) is 1. The molecule has 1 N–H and O–H groups in total. The van der Waals surface area contributed by atoms with Crippen LogP contribution in [0.4, 0.5) is 0 Å². The Morgan fingerprint density at radius 1 is 1.17 bits per heavy atom. The Labute approximate surface area is 172 Å². The van der Waals surface area contributed by atoms with Crippen LogP contribution in [-0.4, -0.2) is 68.5 Å². The maximum Gasteiger partial charge on any atom is 0.220 e. The molecule has 1 aromatic carbocycles. The number of aryl methyl sites for hydroxylation is 2. The largest absolute Gasteiger partial charge is 0.364 e. The van der Waals surface area contributed by atoms with Crippen molar-refractivity contribution >= 4 is 16.0 Å². The van der Waals surface area contributed by atoms with Crippen LogP contribution in [0.2, 0.25) is 0 Å². The second kappa shape index (κ2) is 9.41. The Hall–Kier alpha value is -2.39. The molecule has 1 aliphatic heterocycles. The van der Waals surface area contributed by atoms with Crippen molar-refractivity contribution in [3.63, 3.8) is 0 Å². The maximum absolute atomic E-state index is 12.6. The van der Waals surface area contributed by atoms with Gasteiger partial charge in [-0.25, -0.2) is 8.42 Å². The van der Waals surface area contributed by atoms with Crippen LogP contribution >= 0.6 is 0 Å². The molecule has 1 fully saturated rings. The number of benzene rings is 1. The zero-order valence-electron chi connectivity index (χ0n) is 17.3. The second-order valence-electron chi connectivity index (χ2n) is 7.35. The zero-order chi connectivity index (χ0) is 20.9. The van der Waals surface area contributed by atoms with Crippen LogP contribution in [0.5, 0.6) is 0 Å². The lowest BCUT2D eigenvalue weighted by atomic mass is 10.1. The minimum Gasteiger partial charge on any atom is -0.364 e. The van der Waals surface area contributed by atoms with Crippen molar-refractivity contribution < 1.29 is 12.9 Å². The van der Waals surface area contributed by atoms with Gasteiger partial charge in [0.05, 0.1) is 5.69 Å². The summed E-state index contributed by atoms with van der Waals surface area (Å²) in [7, 11) is -1.64. The Morgan fingerprint density at radius 3 is 2.45 bits per heavy atom. The van der Waals surface area contributed by atoms with E-state index in [4.69, 9.17) is 4.52 Å². The molecule has 2 heterocycles. The van der Waals surface area contributed by atoms with Crippen molar-refractivity contribution in [1.82, 2.24) is 19.7 Å². The van der Waals surface area contributed by atoms with Crippen molar-refractivity contribution in [3.8, 4) is 0 Å². The number of sulfonamides is 1. The van der Waals surface area contributed by atoms with Crippen molar-refractivity contribution in [1.29, 1.82) is 0 Å². The van der Waals surface area contributed by atoms with E-state index >= 15 is 0 Å². The van der Waals surface area contributed by atoms with Crippen LogP contribution in [0.1, 0.15) is 22.4 Å². The SMILES string of the molecule is CN=C(NCCc1cc(C)cc(C)c1)N1CCN(S(=O)(=O)Cc2ccon2)CC1. The average molecular weight is 420 g/mol. The molecule has 1 aliphatic rings. The van der Waals surface area contributed by atoms with E-state index in [-0.39, 0.29) is 5.75 Å². The molecule has 0 amide bonds. The summed E-state index contributed by atoms with van der Waals surface area (Å²) in [5, 5.41) is 7.10. The first-order valence-electron chi connectivity index (χ1n) is 9.77. The van der Waals surface area contributed by atoms with Gasteiger partial charge < -0.3 is 14.7 Å². The summed E-state index contributed by atoms with van der Waals surface area (Å²) in [5.74, 6) is 0.676. The highest BCUT2D eigenvalue weighted by Gasteiger charge is 2.28. The van der Waals surface area contributed by atoms with Gasteiger partial charge in [-0.05, 0) is 25.8 Å². The van der Waals surface area contributed by atoms with Crippen molar-refractivity contribution in [2.45, 2.75) is 26.0 Å². The first-order valence-corrected chi connectivity index (χ1v) is 11.4. The standard InChI is InChI=1S/C20H29N5O3S/c1-16-12-17(2)14-18(13-16)4-6-22-20(21-3)24-7-9-25(10-8-24)29(26,27)15-19-5-11-28-23-19/h5,11-14H,4,6-10,15H2,1-3H3,(H,21,22). The summed E-state index contributed by atoms with van der Waals surface area (Å²) in [6.07, 6.45) is 2.30. The average Bonchev–Trinajstić information content (AvgIpc) is 3.17. The molecule has 0 unspecified atom stereocenters. The lowest BCUT2D eigenvalue weighted by Gasteiger charge is -2.35. The van der Waals surface area contributed by atoms with E-state index in [9.17, 15) is 8.42 Å². The molecule has 0 radical (unpaired) electrons. The van der Waals surface area contributed by atoms with Crippen molar-refractivity contribution in [2.24, 2.45) is 4.99 Å². The molecule has 158 valence electrons. The van der Waals surface area contributed by atoms with Gasteiger partial charge in [0.2, 0.25) is 10.0 Å². The quantitative estimate of drug-likeness (QED) is 0.564. The van der Waals surface area contributed by atoms with E-state index in [1.807, 2.05) is 0 Å². The number of rotatable bonds is 6. The summed E-state index contributed by atoms with van der Waals surface area (Å²) < 4.78 is 31.4. The molecule has 1 aromatic heterocycles. The molecular weight excluding hydrogens is 390 g/mol. The lowest BCUT2D eigenvalue weighted by molar-refractivity contribution is 0.260. The van der Waals surface area contributed by atoms with E-state index in [0.29, 0.717) is 31.9 Å². The molecule has 9 heteroatoms. The van der Waals surface area contributed by atoms with Gasteiger partial charge in [0.1, 0.15) is 12.0 Å². The third-order valence-electron chi connectivity index (χ3n) is 4.94. The Bertz CT molecular complexity index is 913. The molecule has 0 bridgehead atoms. The van der Waals surface area contributed by atoms with E-state index in [2.05, 4.69) is 52.4 Å². The molecule has 29 heavy (non-hydrogen) atoms. The predicted octanol–water partition coefficient (Wildman–Crippen LogP) is 1.56. The third-order valence-corrected chi connectivity index (χ3v) is 6.76. The molecule has 0 spiro atoms. The second-order valence-corrected chi connectivity index (χ2v) is 9.32. The minimum atomic E-state index is -3.40. The number of nitrogens with zero attached hydrogens (tertiary/aromatic N) is 4. The predicted molar refractivity (Wildman–Crippen MR) is 113 cm³/mol. The molecule has 0 aliphatic carbocycles. The fraction of sp³-hybridized carbons (Fsp3) is 0.500. The Morgan fingerprint density at radius 2 is 1.86 bits per heavy atom. The summed E-state index contributed by atoms with van der Waals surface area (Å²) in [6.45, 7) is 7.05. The molecule has 1 saturated heterocycles. The van der Waals surface area contributed by atoms with Crippen LogP contribution in [0, 0.1) is 13.8 Å². The van der Waals surface area contributed by atoms with Gasteiger partial charge in [0.15, 0.2) is 5.96 Å². The highest BCUT2D eigenvalue weighted by atomic mass is 32.2. The lowest BCUT2D eigenvalue weighted by Crippen LogP contribution is -2.54. The van der Waals surface area contributed by atoms with Crippen LogP contribution < -0.4 is 5.32 Å². The fourth-order valence-corrected chi connectivity index (χ4v) is 5.06. The fourth-order valence-electron chi connectivity index (χ4n) is 3.63. The number of piperazine rings is 1. The van der Waals surface area contributed by atoms with Crippen LogP contribution in [0.25, 0.3) is 0 Å². The number of hydrogen-bond acceptors (Lipinski definition) is 5.